The topological polar surface area (TPSA) is 70.3 Å². The number of hydrazine groups is 1. The quantitative estimate of drug-likeness (QED) is 0.642. The van der Waals surface area contributed by atoms with Crippen molar-refractivity contribution in [1.82, 2.24) is 14.9 Å². The molecular formula is C14H26N6. The fraction of sp³-hybridized carbons (Fsp3) is 0.714. The molecule has 6 heteroatoms. The second-order valence-electron chi connectivity index (χ2n) is 5.95. The molecule has 0 amide bonds. The van der Waals surface area contributed by atoms with E-state index < -0.39 is 0 Å². The molecule has 1 aliphatic rings. The van der Waals surface area contributed by atoms with E-state index in [0.717, 1.165) is 42.7 Å². The van der Waals surface area contributed by atoms with Gasteiger partial charge in [-0.25, -0.2) is 15.8 Å². The maximum atomic E-state index is 5.60. The lowest BCUT2D eigenvalue weighted by Gasteiger charge is -2.39. The summed E-state index contributed by atoms with van der Waals surface area (Å²) in [6.07, 6.45) is 0. The maximum absolute atomic E-state index is 5.60. The molecule has 1 aromatic heterocycles. The Kier molecular flexibility index (Phi) is 4.45. The van der Waals surface area contributed by atoms with Gasteiger partial charge in [0.05, 0.1) is 0 Å². The summed E-state index contributed by atoms with van der Waals surface area (Å²) in [5.74, 6) is 8.46. The van der Waals surface area contributed by atoms with Crippen LogP contribution in [0.5, 0.6) is 0 Å². The van der Waals surface area contributed by atoms with Crippen LogP contribution in [0.15, 0.2) is 0 Å². The van der Waals surface area contributed by atoms with Gasteiger partial charge < -0.3 is 15.2 Å². The Morgan fingerprint density at radius 2 is 2.00 bits per heavy atom. The molecule has 1 atom stereocenters. The Morgan fingerprint density at radius 3 is 2.55 bits per heavy atom. The van der Waals surface area contributed by atoms with Crippen molar-refractivity contribution >= 4 is 11.6 Å². The van der Waals surface area contributed by atoms with E-state index in [1.807, 2.05) is 6.92 Å². The van der Waals surface area contributed by atoms with Crippen LogP contribution >= 0.6 is 0 Å². The molecule has 0 aromatic carbocycles. The second-order valence-corrected chi connectivity index (χ2v) is 5.95. The van der Waals surface area contributed by atoms with Gasteiger partial charge >= 0.3 is 0 Å². The third kappa shape index (κ3) is 2.86. The molecule has 1 fully saturated rings. The summed E-state index contributed by atoms with van der Waals surface area (Å²) in [6.45, 7) is 11.5. The highest BCUT2D eigenvalue weighted by Crippen LogP contribution is 2.27. The molecule has 6 nitrogen and oxygen atoms in total. The number of anilines is 2. The van der Waals surface area contributed by atoms with Gasteiger partial charge in [-0.1, -0.05) is 13.8 Å². The van der Waals surface area contributed by atoms with E-state index >= 15 is 0 Å². The Labute approximate surface area is 121 Å². The van der Waals surface area contributed by atoms with Gasteiger partial charge in [0, 0.05) is 37.2 Å². The van der Waals surface area contributed by atoms with Gasteiger partial charge in [-0.15, -0.1) is 0 Å². The fourth-order valence-electron chi connectivity index (χ4n) is 2.47. The molecule has 1 aromatic rings. The number of likely N-dealkylation sites (N-methyl/N-ethyl adjacent to an activating group) is 1. The zero-order valence-corrected chi connectivity index (χ0v) is 13.1. The van der Waals surface area contributed by atoms with Gasteiger partial charge in [0.1, 0.15) is 17.5 Å². The normalized spacial score (nSPS) is 20.6. The SMILES string of the molecule is Cc1c(NN)nc(C(C)C)nc1N1CCN(C)C(C)C1. The zero-order chi connectivity index (χ0) is 14.9. The van der Waals surface area contributed by atoms with E-state index in [9.17, 15) is 0 Å². The molecule has 2 heterocycles. The molecule has 0 radical (unpaired) electrons. The highest BCUT2D eigenvalue weighted by atomic mass is 15.3. The lowest BCUT2D eigenvalue weighted by molar-refractivity contribution is 0.233. The van der Waals surface area contributed by atoms with E-state index in [0.29, 0.717) is 6.04 Å². The van der Waals surface area contributed by atoms with Crippen molar-refractivity contribution in [1.29, 1.82) is 0 Å². The van der Waals surface area contributed by atoms with Crippen LogP contribution in [0.2, 0.25) is 0 Å². The first kappa shape index (κ1) is 15.0. The van der Waals surface area contributed by atoms with Crippen LogP contribution in [0.4, 0.5) is 11.6 Å². The van der Waals surface area contributed by atoms with Crippen LogP contribution in [0.3, 0.4) is 0 Å². The first-order valence-electron chi connectivity index (χ1n) is 7.24. The van der Waals surface area contributed by atoms with Crippen LogP contribution in [-0.2, 0) is 0 Å². The summed E-state index contributed by atoms with van der Waals surface area (Å²) in [7, 11) is 2.17. The molecule has 0 aliphatic carbocycles. The fourth-order valence-corrected chi connectivity index (χ4v) is 2.47. The van der Waals surface area contributed by atoms with Crippen molar-refractivity contribution in [3.05, 3.63) is 11.4 Å². The Balaban J connectivity index is 2.37. The van der Waals surface area contributed by atoms with Crippen LogP contribution in [0, 0.1) is 6.92 Å². The third-order valence-electron chi connectivity index (χ3n) is 4.05. The number of rotatable bonds is 3. The molecule has 1 saturated heterocycles. The van der Waals surface area contributed by atoms with Gasteiger partial charge in [0.2, 0.25) is 0 Å². The maximum Gasteiger partial charge on any atom is 0.148 e. The lowest BCUT2D eigenvalue weighted by atomic mass is 10.1. The molecule has 2 rings (SSSR count). The van der Waals surface area contributed by atoms with E-state index in [-0.39, 0.29) is 5.92 Å². The molecule has 0 bridgehead atoms. The molecule has 1 unspecified atom stereocenters. The van der Waals surface area contributed by atoms with Crippen LogP contribution in [0.1, 0.15) is 38.1 Å². The van der Waals surface area contributed by atoms with Crippen molar-refractivity contribution in [2.45, 2.75) is 39.7 Å². The lowest BCUT2D eigenvalue weighted by Crippen LogP contribution is -2.50. The minimum atomic E-state index is 0.284. The standard InChI is InChI=1S/C14H26N6/c1-9(2)12-16-13(18-15)11(4)14(17-12)20-7-6-19(5)10(3)8-20/h9-10H,6-8,15H2,1-5H3,(H,16,17,18). The summed E-state index contributed by atoms with van der Waals surface area (Å²) in [5, 5.41) is 0. The number of nitrogen functional groups attached to an aromatic ring is 1. The predicted octanol–water partition coefficient (Wildman–Crippen LogP) is 1.33. The third-order valence-corrected chi connectivity index (χ3v) is 4.05. The smallest absolute Gasteiger partial charge is 0.148 e. The summed E-state index contributed by atoms with van der Waals surface area (Å²) in [4.78, 5) is 14.0. The predicted molar refractivity (Wildman–Crippen MR) is 83.0 cm³/mol. The van der Waals surface area contributed by atoms with Crippen molar-refractivity contribution in [3.8, 4) is 0 Å². The largest absolute Gasteiger partial charge is 0.353 e. The minimum Gasteiger partial charge on any atom is -0.353 e. The average molecular weight is 278 g/mol. The number of nitrogens with zero attached hydrogens (tertiary/aromatic N) is 4. The van der Waals surface area contributed by atoms with Crippen LogP contribution in [-0.4, -0.2) is 47.6 Å². The van der Waals surface area contributed by atoms with E-state index in [4.69, 9.17) is 10.8 Å². The Morgan fingerprint density at radius 1 is 1.30 bits per heavy atom. The summed E-state index contributed by atoms with van der Waals surface area (Å²) < 4.78 is 0. The average Bonchev–Trinajstić information content (AvgIpc) is 2.42. The van der Waals surface area contributed by atoms with Gasteiger partial charge in [0.15, 0.2) is 0 Å². The van der Waals surface area contributed by atoms with Crippen molar-refractivity contribution in [3.63, 3.8) is 0 Å². The van der Waals surface area contributed by atoms with E-state index in [1.54, 1.807) is 0 Å². The number of piperazine rings is 1. The van der Waals surface area contributed by atoms with Crippen molar-refractivity contribution < 1.29 is 0 Å². The van der Waals surface area contributed by atoms with Crippen molar-refractivity contribution in [2.75, 3.05) is 37.0 Å². The number of hydrogen-bond acceptors (Lipinski definition) is 6. The molecule has 0 saturated carbocycles. The summed E-state index contributed by atoms with van der Waals surface area (Å²) in [5.41, 5.74) is 3.72. The monoisotopic (exact) mass is 278 g/mol. The number of nitrogens with one attached hydrogen (secondary N) is 1. The highest BCUT2D eigenvalue weighted by Gasteiger charge is 2.24. The summed E-state index contributed by atoms with van der Waals surface area (Å²) in [6, 6.07) is 0.523. The number of aromatic nitrogens is 2. The first-order valence-corrected chi connectivity index (χ1v) is 7.24. The number of nitrogens with two attached hydrogens (primary N) is 1. The molecule has 0 spiro atoms. The zero-order valence-electron chi connectivity index (χ0n) is 13.1. The van der Waals surface area contributed by atoms with Crippen LogP contribution < -0.4 is 16.2 Å². The van der Waals surface area contributed by atoms with Gasteiger partial charge in [0.25, 0.3) is 0 Å². The minimum absolute atomic E-state index is 0.284. The molecule has 1 aliphatic heterocycles. The van der Waals surface area contributed by atoms with Gasteiger partial charge in [-0.05, 0) is 20.9 Å². The highest BCUT2D eigenvalue weighted by molar-refractivity contribution is 5.58. The van der Waals surface area contributed by atoms with Crippen molar-refractivity contribution in [2.24, 2.45) is 5.84 Å². The second kappa shape index (κ2) is 5.93. The molecule has 20 heavy (non-hydrogen) atoms. The molecular weight excluding hydrogens is 252 g/mol. The van der Waals surface area contributed by atoms with E-state index in [2.05, 4.69) is 48.0 Å². The number of hydrogen-bond donors (Lipinski definition) is 2. The molecule has 112 valence electrons. The van der Waals surface area contributed by atoms with Crippen LogP contribution in [0.25, 0.3) is 0 Å². The molecule has 3 N–H and O–H groups in total. The van der Waals surface area contributed by atoms with Gasteiger partial charge in [-0.3, -0.25) is 0 Å². The van der Waals surface area contributed by atoms with E-state index in [1.165, 1.54) is 0 Å². The Bertz CT molecular complexity index is 473. The first-order chi connectivity index (χ1) is 9.43. The Hall–Kier alpha value is -1.40. The van der Waals surface area contributed by atoms with Gasteiger partial charge in [-0.2, -0.15) is 0 Å². The summed E-state index contributed by atoms with van der Waals surface area (Å²) >= 11 is 0.